The van der Waals surface area contributed by atoms with Crippen LogP contribution < -0.4 is 0 Å². The van der Waals surface area contributed by atoms with E-state index in [1.54, 1.807) is 6.07 Å². The maximum atomic E-state index is 13.0. The molecule has 0 saturated carbocycles. The molecule has 0 heterocycles. The van der Waals surface area contributed by atoms with Gasteiger partial charge in [-0.3, -0.25) is 4.79 Å². The molecule has 0 radical (unpaired) electrons. The predicted octanol–water partition coefficient (Wildman–Crippen LogP) is 2.55. The zero-order valence-electron chi connectivity index (χ0n) is 6.77. The Morgan fingerprint density at radius 3 is 2.69 bits per heavy atom. The van der Waals surface area contributed by atoms with E-state index < -0.39 is 5.82 Å². The summed E-state index contributed by atoms with van der Waals surface area (Å²) in [5.74, 6) is -1.04. The lowest BCUT2D eigenvalue weighted by Crippen LogP contribution is -1.95. The van der Waals surface area contributed by atoms with Crippen molar-refractivity contribution in [2.45, 2.75) is 6.92 Å². The fraction of sp³-hybridized carbons (Fsp3) is 0.111. The molecule has 0 aliphatic carbocycles. The first-order chi connectivity index (χ1) is 6.06. The van der Waals surface area contributed by atoms with Gasteiger partial charge in [0.05, 0.1) is 10.6 Å². The van der Waals surface area contributed by atoms with Crippen LogP contribution >= 0.6 is 11.6 Å². The van der Waals surface area contributed by atoms with Crippen LogP contribution in [-0.4, -0.2) is 5.78 Å². The number of rotatable bonds is 1. The number of hydrogen-bond donors (Lipinski definition) is 0. The van der Waals surface area contributed by atoms with E-state index in [1.165, 1.54) is 13.0 Å². The molecule has 13 heavy (non-hydrogen) atoms. The second kappa shape index (κ2) is 3.55. The van der Waals surface area contributed by atoms with Gasteiger partial charge < -0.3 is 0 Å². The van der Waals surface area contributed by atoms with E-state index in [0.29, 0.717) is 0 Å². The van der Waals surface area contributed by atoms with Gasteiger partial charge in [-0.15, -0.1) is 0 Å². The molecule has 4 heteroatoms. The van der Waals surface area contributed by atoms with Crippen molar-refractivity contribution in [3.8, 4) is 6.07 Å². The van der Waals surface area contributed by atoms with Gasteiger partial charge in [-0.1, -0.05) is 11.6 Å². The third-order valence-electron chi connectivity index (χ3n) is 1.56. The monoisotopic (exact) mass is 197 g/mol. The maximum Gasteiger partial charge on any atom is 0.159 e. The lowest BCUT2D eigenvalue weighted by atomic mass is 10.1. The van der Waals surface area contributed by atoms with Gasteiger partial charge in [-0.2, -0.15) is 5.26 Å². The van der Waals surface area contributed by atoms with E-state index in [0.717, 1.165) is 6.07 Å². The summed E-state index contributed by atoms with van der Waals surface area (Å²) in [6.45, 7) is 1.30. The Morgan fingerprint density at radius 2 is 2.23 bits per heavy atom. The van der Waals surface area contributed by atoms with Gasteiger partial charge >= 0.3 is 0 Å². The zero-order chi connectivity index (χ0) is 10.0. The third-order valence-corrected chi connectivity index (χ3v) is 1.94. The summed E-state index contributed by atoms with van der Waals surface area (Å²) in [7, 11) is 0. The first-order valence-electron chi connectivity index (χ1n) is 3.46. The Labute approximate surface area is 79.5 Å². The predicted molar refractivity (Wildman–Crippen MR) is 46.1 cm³/mol. The highest BCUT2D eigenvalue weighted by Crippen LogP contribution is 2.21. The molecule has 0 unspecified atom stereocenters. The van der Waals surface area contributed by atoms with E-state index >= 15 is 0 Å². The summed E-state index contributed by atoms with van der Waals surface area (Å²) in [5.41, 5.74) is 0.130. The molecular weight excluding hydrogens is 193 g/mol. The van der Waals surface area contributed by atoms with Crippen LogP contribution in [0.5, 0.6) is 0 Å². The van der Waals surface area contributed by atoms with Crippen LogP contribution in [0, 0.1) is 17.1 Å². The Kier molecular flexibility index (Phi) is 2.64. The molecule has 0 amide bonds. The van der Waals surface area contributed by atoms with Gasteiger partial charge in [0.15, 0.2) is 5.78 Å². The van der Waals surface area contributed by atoms with Crippen LogP contribution in [0.1, 0.15) is 22.8 Å². The van der Waals surface area contributed by atoms with Crippen LogP contribution in [0.15, 0.2) is 12.1 Å². The van der Waals surface area contributed by atoms with Gasteiger partial charge in [0.1, 0.15) is 11.9 Å². The second-order valence-corrected chi connectivity index (χ2v) is 2.87. The zero-order valence-corrected chi connectivity index (χ0v) is 7.52. The second-order valence-electron chi connectivity index (χ2n) is 2.49. The van der Waals surface area contributed by atoms with Crippen molar-refractivity contribution in [2.24, 2.45) is 0 Å². The molecule has 0 spiro atoms. The van der Waals surface area contributed by atoms with E-state index in [1.807, 2.05) is 0 Å². The van der Waals surface area contributed by atoms with Crippen LogP contribution in [0.3, 0.4) is 0 Å². The smallest absolute Gasteiger partial charge is 0.159 e. The highest BCUT2D eigenvalue weighted by molar-refractivity contribution is 6.32. The number of Topliss-reactive ketones (excluding diaryl/α,β-unsaturated/α-hetero) is 1. The molecule has 0 aromatic heterocycles. The number of ketones is 1. The molecule has 1 rings (SSSR count). The molecule has 1 aromatic rings. The first kappa shape index (κ1) is 9.69. The van der Waals surface area contributed by atoms with Gasteiger partial charge in [-0.05, 0) is 19.1 Å². The largest absolute Gasteiger partial charge is 0.295 e. The van der Waals surface area contributed by atoms with Crippen molar-refractivity contribution in [1.82, 2.24) is 0 Å². The molecule has 0 aliphatic heterocycles. The van der Waals surface area contributed by atoms with Crippen molar-refractivity contribution in [2.75, 3.05) is 0 Å². The molecule has 0 atom stereocenters. The Bertz CT molecular complexity index is 409. The fourth-order valence-electron chi connectivity index (χ4n) is 0.874. The molecular formula is C9H5ClFNO. The average molecular weight is 198 g/mol. The highest BCUT2D eigenvalue weighted by atomic mass is 35.5. The molecule has 0 bridgehead atoms. The van der Waals surface area contributed by atoms with Crippen LogP contribution in [-0.2, 0) is 0 Å². The Balaban J connectivity index is 3.41. The minimum absolute atomic E-state index is 0.0214. The standard InChI is InChI=1S/C9H5ClFNO/c1-5(13)6-2-7(4-12)9(10)8(11)3-6/h2-3H,1H3. The number of halogens is 2. The topological polar surface area (TPSA) is 40.9 Å². The number of benzene rings is 1. The summed E-state index contributed by atoms with van der Waals surface area (Å²) in [6.07, 6.45) is 0. The van der Waals surface area contributed by atoms with Crippen LogP contribution in [0.25, 0.3) is 0 Å². The normalized spacial score (nSPS) is 9.38. The van der Waals surface area contributed by atoms with Crippen molar-refractivity contribution < 1.29 is 9.18 Å². The lowest BCUT2D eigenvalue weighted by molar-refractivity contribution is 0.101. The molecule has 0 fully saturated rings. The lowest BCUT2D eigenvalue weighted by Gasteiger charge is -1.99. The molecule has 2 nitrogen and oxygen atoms in total. The maximum absolute atomic E-state index is 13.0. The summed E-state index contributed by atoms with van der Waals surface area (Å²) in [4.78, 5) is 10.9. The highest BCUT2D eigenvalue weighted by Gasteiger charge is 2.10. The average Bonchev–Trinajstić information content (AvgIpc) is 2.09. The number of nitrogens with zero attached hydrogens (tertiary/aromatic N) is 1. The molecule has 66 valence electrons. The number of carbonyl (C=O) groups is 1. The Morgan fingerprint density at radius 1 is 1.62 bits per heavy atom. The van der Waals surface area contributed by atoms with Gasteiger partial charge in [0.25, 0.3) is 0 Å². The van der Waals surface area contributed by atoms with Crippen molar-refractivity contribution in [3.63, 3.8) is 0 Å². The van der Waals surface area contributed by atoms with E-state index in [2.05, 4.69) is 0 Å². The summed E-state index contributed by atoms with van der Waals surface area (Å²) in [5, 5.41) is 8.29. The number of hydrogen-bond acceptors (Lipinski definition) is 2. The Hall–Kier alpha value is -1.40. The van der Waals surface area contributed by atoms with E-state index in [4.69, 9.17) is 16.9 Å². The summed E-state index contributed by atoms with van der Waals surface area (Å²) < 4.78 is 13.0. The minimum atomic E-state index is -0.745. The van der Waals surface area contributed by atoms with Gasteiger partial charge in [-0.25, -0.2) is 4.39 Å². The molecule has 0 saturated heterocycles. The minimum Gasteiger partial charge on any atom is -0.295 e. The third kappa shape index (κ3) is 1.85. The van der Waals surface area contributed by atoms with Crippen molar-refractivity contribution in [3.05, 3.63) is 34.1 Å². The molecule has 1 aromatic carbocycles. The van der Waals surface area contributed by atoms with Gasteiger partial charge in [0.2, 0.25) is 0 Å². The summed E-state index contributed by atoms with van der Waals surface area (Å²) in [6, 6.07) is 4.00. The van der Waals surface area contributed by atoms with Crippen molar-refractivity contribution >= 4 is 17.4 Å². The molecule has 0 N–H and O–H groups in total. The SMILES string of the molecule is CC(=O)c1cc(F)c(Cl)c(C#N)c1. The fourth-order valence-corrected chi connectivity index (χ4v) is 1.03. The van der Waals surface area contributed by atoms with Gasteiger partial charge in [0, 0.05) is 5.56 Å². The van der Waals surface area contributed by atoms with Crippen molar-refractivity contribution in [1.29, 1.82) is 5.26 Å². The van der Waals surface area contributed by atoms with E-state index in [9.17, 15) is 9.18 Å². The number of nitriles is 1. The quantitative estimate of drug-likeness (QED) is 0.650. The van der Waals surface area contributed by atoms with E-state index in [-0.39, 0.29) is 21.9 Å². The first-order valence-corrected chi connectivity index (χ1v) is 3.84. The van der Waals surface area contributed by atoms with Crippen LogP contribution in [0.2, 0.25) is 5.02 Å². The summed E-state index contributed by atoms with van der Waals surface area (Å²) >= 11 is 5.46. The molecule has 0 aliphatic rings. The number of carbonyl (C=O) groups excluding carboxylic acids is 1. The van der Waals surface area contributed by atoms with Crippen LogP contribution in [0.4, 0.5) is 4.39 Å².